The first-order chi connectivity index (χ1) is 17.4. The molecule has 0 N–H and O–H groups in total. The van der Waals surface area contributed by atoms with Crippen LogP contribution in [0.1, 0.15) is 34.4 Å². The van der Waals surface area contributed by atoms with Gasteiger partial charge in [-0.15, -0.1) is 11.3 Å². The third-order valence-electron chi connectivity index (χ3n) is 7.94. The summed E-state index contributed by atoms with van der Waals surface area (Å²) in [6, 6.07) is 38.1. The molecular weight excluding hydrogens is 442 g/mol. The summed E-state index contributed by atoms with van der Waals surface area (Å²) >= 11 is 1.98. The van der Waals surface area contributed by atoms with Crippen LogP contribution in [0.2, 0.25) is 0 Å². The van der Waals surface area contributed by atoms with E-state index in [1.807, 2.05) is 11.3 Å². The summed E-state index contributed by atoms with van der Waals surface area (Å²) in [6.07, 6.45) is 6.92. The van der Waals surface area contributed by atoms with Crippen molar-refractivity contribution in [3.63, 3.8) is 0 Å². The number of para-hydroxylation sites is 2. The molecule has 3 aliphatic rings. The van der Waals surface area contributed by atoms with Gasteiger partial charge in [-0.05, 0) is 64.9 Å². The topological polar surface area (TPSA) is 3.24 Å². The van der Waals surface area contributed by atoms with Crippen molar-refractivity contribution in [2.75, 3.05) is 4.90 Å². The SMILES string of the molecule is C1=CC2=C(CC1)C1(c3ccccc32)c2ccccc2N(c2ccccc2)c2c1sc1ccccc21. The van der Waals surface area contributed by atoms with E-state index in [-0.39, 0.29) is 5.41 Å². The summed E-state index contributed by atoms with van der Waals surface area (Å²) in [5.74, 6) is 0. The van der Waals surface area contributed by atoms with Crippen LogP contribution >= 0.6 is 11.3 Å². The average molecular weight is 466 g/mol. The van der Waals surface area contributed by atoms with Crippen molar-refractivity contribution < 1.29 is 0 Å². The Hall–Kier alpha value is -3.88. The summed E-state index contributed by atoms with van der Waals surface area (Å²) < 4.78 is 1.35. The lowest BCUT2D eigenvalue weighted by molar-refractivity contribution is 0.701. The molecule has 0 bridgehead atoms. The molecule has 1 spiro atoms. The quantitative estimate of drug-likeness (QED) is 0.238. The molecule has 5 aromatic rings. The third-order valence-corrected chi connectivity index (χ3v) is 9.22. The Labute approximate surface area is 209 Å². The summed E-state index contributed by atoms with van der Waals surface area (Å²) in [5.41, 5.74) is 10.8. The van der Waals surface area contributed by atoms with Crippen molar-refractivity contribution in [3.05, 3.63) is 142 Å². The van der Waals surface area contributed by atoms with Crippen LogP contribution in [-0.4, -0.2) is 0 Å². The third kappa shape index (κ3) is 2.38. The summed E-state index contributed by atoms with van der Waals surface area (Å²) in [6.45, 7) is 0. The molecule has 2 aliphatic carbocycles. The van der Waals surface area contributed by atoms with Crippen molar-refractivity contribution in [1.29, 1.82) is 0 Å². The summed E-state index contributed by atoms with van der Waals surface area (Å²) in [5, 5.41) is 1.34. The van der Waals surface area contributed by atoms with E-state index in [1.54, 1.807) is 5.57 Å². The van der Waals surface area contributed by atoms with Gasteiger partial charge < -0.3 is 4.90 Å². The molecular formula is C33H23NS. The van der Waals surface area contributed by atoms with E-state index in [0.717, 1.165) is 12.8 Å². The van der Waals surface area contributed by atoms with E-state index in [9.17, 15) is 0 Å². The zero-order valence-electron chi connectivity index (χ0n) is 19.2. The number of fused-ring (bicyclic) bond motifs is 10. The Morgan fingerprint density at radius 3 is 2.37 bits per heavy atom. The van der Waals surface area contributed by atoms with Gasteiger partial charge in [-0.3, -0.25) is 0 Å². The van der Waals surface area contributed by atoms with Crippen molar-refractivity contribution in [3.8, 4) is 0 Å². The fourth-order valence-corrected chi connectivity index (χ4v) is 8.10. The Morgan fingerprint density at radius 1 is 0.714 bits per heavy atom. The van der Waals surface area contributed by atoms with E-state index in [1.165, 1.54) is 54.3 Å². The first-order valence-corrected chi connectivity index (χ1v) is 13.2. The van der Waals surface area contributed by atoms with Crippen molar-refractivity contribution in [1.82, 2.24) is 0 Å². The largest absolute Gasteiger partial charge is 0.308 e. The highest BCUT2D eigenvalue weighted by molar-refractivity contribution is 7.20. The number of anilines is 3. The fraction of sp³-hybridized carbons (Fsp3) is 0.0909. The molecule has 1 atom stereocenters. The lowest BCUT2D eigenvalue weighted by atomic mass is 9.66. The van der Waals surface area contributed by atoms with Gasteiger partial charge in [-0.2, -0.15) is 0 Å². The maximum Gasteiger partial charge on any atom is 0.0811 e. The van der Waals surface area contributed by atoms with Gasteiger partial charge in [0, 0.05) is 20.7 Å². The molecule has 0 fully saturated rings. The minimum Gasteiger partial charge on any atom is -0.308 e. The zero-order chi connectivity index (χ0) is 23.0. The molecule has 0 radical (unpaired) electrons. The molecule has 0 saturated carbocycles. The second-order valence-electron chi connectivity index (χ2n) is 9.59. The van der Waals surface area contributed by atoms with Crippen LogP contribution in [0.25, 0.3) is 15.7 Å². The lowest BCUT2D eigenvalue weighted by Crippen LogP contribution is -2.36. The highest BCUT2D eigenvalue weighted by Crippen LogP contribution is 2.66. The van der Waals surface area contributed by atoms with E-state index in [0.29, 0.717) is 0 Å². The van der Waals surface area contributed by atoms with Crippen LogP contribution in [0.4, 0.5) is 17.1 Å². The predicted molar refractivity (Wildman–Crippen MR) is 148 cm³/mol. The standard InChI is InChI=1S/C33H23NS/c1-2-12-22(13-3-1)34-29-20-10-9-19-28(29)33(32-31(34)25-16-6-11-21-30(25)35-32)26-17-7-4-14-23(26)24-15-5-8-18-27(24)33/h1-7,9-17,19-21H,8,18H2. The molecule has 0 saturated heterocycles. The molecule has 2 heterocycles. The molecule has 1 unspecified atom stereocenters. The molecule has 0 amide bonds. The Balaban J connectivity index is 1.59. The van der Waals surface area contributed by atoms with Gasteiger partial charge in [-0.1, -0.05) is 91.0 Å². The Kier molecular flexibility index (Phi) is 3.92. The van der Waals surface area contributed by atoms with Crippen LogP contribution < -0.4 is 4.90 Å². The van der Waals surface area contributed by atoms with E-state index in [4.69, 9.17) is 0 Å². The Morgan fingerprint density at radius 2 is 1.46 bits per heavy atom. The van der Waals surface area contributed by atoms with Crippen LogP contribution in [0, 0.1) is 0 Å². The normalized spacial score (nSPS) is 19.6. The van der Waals surface area contributed by atoms with Gasteiger partial charge in [0.15, 0.2) is 0 Å². The molecule has 8 rings (SSSR count). The monoisotopic (exact) mass is 465 g/mol. The fourth-order valence-electron chi connectivity index (χ4n) is 6.66. The average Bonchev–Trinajstić information content (AvgIpc) is 3.45. The number of nitrogens with zero attached hydrogens (tertiary/aromatic N) is 1. The first-order valence-electron chi connectivity index (χ1n) is 12.4. The van der Waals surface area contributed by atoms with Gasteiger partial charge >= 0.3 is 0 Å². The number of hydrogen-bond donors (Lipinski definition) is 0. The van der Waals surface area contributed by atoms with Gasteiger partial charge in [0.05, 0.1) is 16.8 Å². The summed E-state index contributed by atoms with van der Waals surface area (Å²) in [4.78, 5) is 3.96. The van der Waals surface area contributed by atoms with Crippen LogP contribution in [0.15, 0.2) is 121 Å². The van der Waals surface area contributed by atoms with Crippen molar-refractivity contribution in [2.45, 2.75) is 18.3 Å². The lowest BCUT2D eigenvalue weighted by Gasteiger charge is -2.44. The van der Waals surface area contributed by atoms with Gasteiger partial charge in [0.2, 0.25) is 0 Å². The maximum absolute atomic E-state index is 2.51. The molecule has 1 aromatic heterocycles. The zero-order valence-corrected chi connectivity index (χ0v) is 20.1. The number of hydrogen-bond acceptors (Lipinski definition) is 2. The number of allylic oxidation sites excluding steroid dienone is 4. The number of benzene rings is 4. The Bertz CT molecular complexity index is 1700. The molecule has 1 nitrogen and oxygen atoms in total. The molecule has 4 aromatic carbocycles. The molecule has 166 valence electrons. The first kappa shape index (κ1) is 19.4. The second kappa shape index (κ2) is 7.07. The van der Waals surface area contributed by atoms with Crippen molar-refractivity contribution >= 4 is 44.1 Å². The predicted octanol–water partition coefficient (Wildman–Crippen LogP) is 9.14. The molecule has 35 heavy (non-hydrogen) atoms. The molecule has 1 aliphatic heterocycles. The van der Waals surface area contributed by atoms with Gasteiger partial charge in [-0.25, -0.2) is 0 Å². The maximum atomic E-state index is 2.51. The van der Waals surface area contributed by atoms with E-state index < -0.39 is 0 Å². The molecule has 2 heteroatoms. The van der Waals surface area contributed by atoms with E-state index in [2.05, 4.69) is 120 Å². The second-order valence-corrected chi connectivity index (χ2v) is 10.6. The summed E-state index contributed by atoms with van der Waals surface area (Å²) in [7, 11) is 0. The van der Waals surface area contributed by atoms with Crippen LogP contribution in [0.5, 0.6) is 0 Å². The minimum absolute atomic E-state index is 0.252. The van der Waals surface area contributed by atoms with Crippen LogP contribution in [-0.2, 0) is 5.41 Å². The van der Waals surface area contributed by atoms with Crippen LogP contribution in [0.3, 0.4) is 0 Å². The minimum atomic E-state index is -0.252. The smallest absolute Gasteiger partial charge is 0.0811 e. The van der Waals surface area contributed by atoms with Crippen molar-refractivity contribution in [2.24, 2.45) is 0 Å². The number of thiophene rings is 1. The van der Waals surface area contributed by atoms with E-state index >= 15 is 0 Å². The van der Waals surface area contributed by atoms with Gasteiger partial charge in [0.1, 0.15) is 0 Å². The highest BCUT2D eigenvalue weighted by Gasteiger charge is 2.54. The number of rotatable bonds is 1. The highest BCUT2D eigenvalue weighted by atomic mass is 32.1. The van der Waals surface area contributed by atoms with Gasteiger partial charge in [0.25, 0.3) is 0 Å².